The summed E-state index contributed by atoms with van der Waals surface area (Å²) in [6, 6.07) is 2.63. The van der Waals surface area contributed by atoms with Gasteiger partial charge in [-0.2, -0.15) is 0 Å². The van der Waals surface area contributed by atoms with Crippen LogP contribution in [0.15, 0.2) is 43.0 Å². The first kappa shape index (κ1) is 29.8. The van der Waals surface area contributed by atoms with Gasteiger partial charge in [0, 0.05) is 35.4 Å². The molecule has 14 heteroatoms. The number of hydrogen-bond donors (Lipinski definition) is 8. The van der Waals surface area contributed by atoms with E-state index in [0.29, 0.717) is 5.69 Å². The van der Waals surface area contributed by atoms with Crippen molar-refractivity contribution in [1.29, 1.82) is 0 Å². The number of para-hydroxylation sites is 1. The molecule has 0 saturated heterocycles. The number of aromatic nitrogens is 3. The molecule has 4 atom stereocenters. The Morgan fingerprint density at radius 3 is 2.27 bits per heavy atom. The van der Waals surface area contributed by atoms with Gasteiger partial charge in [-0.15, -0.1) is 0 Å². The quantitative estimate of drug-likeness (QED) is 0.124. The number of rotatable bonds is 14. The number of amides is 4. The van der Waals surface area contributed by atoms with E-state index in [9.17, 15) is 29.1 Å². The van der Waals surface area contributed by atoms with Crippen LogP contribution >= 0.6 is 0 Å². The first-order valence-corrected chi connectivity index (χ1v) is 12.7. The summed E-state index contributed by atoms with van der Waals surface area (Å²) < 4.78 is 0. The van der Waals surface area contributed by atoms with Crippen LogP contribution in [0.4, 0.5) is 0 Å². The summed E-state index contributed by atoms with van der Waals surface area (Å²) in [6.07, 6.45) is 4.04. The third-order valence-electron chi connectivity index (χ3n) is 6.33. The van der Waals surface area contributed by atoms with Gasteiger partial charge in [-0.3, -0.25) is 19.2 Å². The van der Waals surface area contributed by atoms with Crippen LogP contribution in [0, 0.1) is 5.92 Å². The molecule has 214 valence electrons. The van der Waals surface area contributed by atoms with E-state index in [2.05, 4.69) is 30.9 Å². The number of imidazole rings is 1. The SMILES string of the molecule is CC(C)C(NC(=O)C(N)Cc1c[nH]c2ccccc12)C(=O)NC(CC(N)=O)C(=O)NC(Cc1cnc[nH]1)C(=O)O. The fraction of sp³-hybridized carbons (Fsp3) is 0.385. The van der Waals surface area contributed by atoms with Crippen LogP contribution in [0.5, 0.6) is 0 Å². The van der Waals surface area contributed by atoms with E-state index in [1.165, 1.54) is 12.5 Å². The van der Waals surface area contributed by atoms with Gasteiger partial charge in [0.1, 0.15) is 18.1 Å². The molecule has 0 bridgehead atoms. The Balaban J connectivity index is 1.67. The Kier molecular flexibility index (Phi) is 9.97. The number of carbonyl (C=O) groups excluding carboxylic acids is 4. The van der Waals surface area contributed by atoms with Gasteiger partial charge in [0.2, 0.25) is 23.6 Å². The van der Waals surface area contributed by atoms with Crippen molar-refractivity contribution in [3.8, 4) is 0 Å². The second-order valence-corrected chi connectivity index (χ2v) is 9.81. The van der Waals surface area contributed by atoms with E-state index in [1.807, 2.05) is 24.3 Å². The fourth-order valence-corrected chi connectivity index (χ4v) is 4.19. The van der Waals surface area contributed by atoms with Crippen molar-refractivity contribution in [2.24, 2.45) is 17.4 Å². The molecule has 3 rings (SSSR count). The fourth-order valence-electron chi connectivity index (χ4n) is 4.19. The smallest absolute Gasteiger partial charge is 0.326 e. The predicted molar refractivity (Wildman–Crippen MR) is 144 cm³/mol. The Hall–Kier alpha value is -4.72. The number of nitrogens with one attached hydrogen (secondary N) is 5. The summed E-state index contributed by atoms with van der Waals surface area (Å²) >= 11 is 0. The van der Waals surface area contributed by atoms with Gasteiger partial charge in [-0.1, -0.05) is 32.0 Å². The predicted octanol–water partition coefficient (Wildman–Crippen LogP) is -0.926. The first-order chi connectivity index (χ1) is 19.0. The zero-order chi connectivity index (χ0) is 29.4. The lowest BCUT2D eigenvalue weighted by molar-refractivity contribution is -0.142. The summed E-state index contributed by atoms with van der Waals surface area (Å²) in [4.78, 5) is 72.1. The van der Waals surface area contributed by atoms with Gasteiger partial charge in [-0.25, -0.2) is 9.78 Å². The molecule has 2 heterocycles. The molecule has 0 fully saturated rings. The topological polar surface area (TPSA) is 238 Å². The lowest BCUT2D eigenvalue weighted by atomic mass is 10.0. The number of aromatic amines is 2. The van der Waals surface area contributed by atoms with Crippen LogP contribution in [0.3, 0.4) is 0 Å². The molecule has 0 aliphatic rings. The van der Waals surface area contributed by atoms with Gasteiger partial charge >= 0.3 is 5.97 Å². The highest BCUT2D eigenvalue weighted by molar-refractivity contribution is 5.96. The number of nitrogens with zero attached hydrogens (tertiary/aromatic N) is 1. The summed E-state index contributed by atoms with van der Waals surface area (Å²) in [6.45, 7) is 3.37. The molecule has 0 aliphatic heterocycles. The largest absolute Gasteiger partial charge is 0.480 e. The number of fused-ring (bicyclic) bond motifs is 1. The van der Waals surface area contributed by atoms with Crippen LogP contribution < -0.4 is 27.4 Å². The summed E-state index contributed by atoms with van der Waals surface area (Å²) in [5.74, 6) is -4.92. The van der Waals surface area contributed by atoms with E-state index >= 15 is 0 Å². The van der Waals surface area contributed by atoms with Gasteiger partial charge in [-0.05, 0) is 24.0 Å². The minimum absolute atomic E-state index is 0.114. The number of benzene rings is 1. The molecule has 0 radical (unpaired) electrons. The van der Waals surface area contributed by atoms with E-state index in [1.54, 1.807) is 20.0 Å². The van der Waals surface area contributed by atoms with Crippen molar-refractivity contribution in [3.05, 3.63) is 54.2 Å². The number of aliphatic carboxylic acids is 1. The molecule has 1 aromatic carbocycles. The van der Waals surface area contributed by atoms with E-state index in [0.717, 1.165) is 16.5 Å². The van der Waals surface area contributed by atoms with Crippen molar-refractivity contribution < 1.29 is 29.1 Å². The van der Waals surface area contributed by atoms with Gasteiger partial charge < -0.3 is 42.5 Å². The number of carbonyl (C=O) groups is 5. The van der Waals surface area contributed by atoms with Crippen LogP contribution in [0.25, 0.3) is 10.9 Å². The molecular formula is C26H34N8O6. The maximum absolute atomic E-state index is 13.2. The van der Waals surface area contributed by atoms with Crippen molar-refractivity contribution in [2.45, 2.75) is 57.3 Å². The van der Waals surface area contributed by atoms with Crippen molar-refractivity contribution >= 4 is 40.5 Å². The zero-order valence-electron chi connectivity index (χ0n) is 22.1. The molecule has 2 aromatic heterocycles. The molecule has 4 unspecified atom stereocenters. The van der Waals surface area contributed by atoms with Crippen molar-refractivity contribution in [2.75, 3.05) is 0 Å². The molecular weight excluding hydrogens is 520 g/mol. The Morgan fingerprint density at radius 1 is 0.950 bits per heavy atom. The molecule has 14 nitrogen and oxygen atoms in total. The van der Waals surface area contributed by atoms with Gasteiger partial charge in [0.15, 0.2) is 0 Å². The minimum atomic E-state index is -1.48. The lowest BCUT2D eigenvalue weighted by Gasteiger charge is -2.26. The highest BCUT2D eigenvalue weighted by atomic mass is 16.4. The number of primary amides is 1. The zero-order valence-corrected chi connectivity index (χ0v) is 22.1. The van der Waals surface area contributed by atoms with Crippen LogP contribution in [-0.2, 0) is 36.8 Å². The van der Waals surface area contributed by atoms with Crippen LogP contribution in [-0.4, -0.2) is 73.8 Å². The molecule has 3 aromatic rings. The van der Waals surface area contributed by atoms with Crippen LogP contribution in [0.1, 0.15) is 31.5 Å². The van der Waals surface area contributed by atoms with E-state index in [-0.39, 0.29) is 12.8 Å². The average Bonchev–Trinajstić information content (AvgIpc) is 3.55. The molecule has 10 N–H and O–H groups in total. The van der Waals surface area contributed by atoms with E-state index < -0.39 is 66.1 Å². The maximum Gasteiger partial charge on any atom is 0.326 e. The molecule has 0 saturated carbocycles. The molecule has 0 aliphatic carbocycles. The minimum Gasteiger partial charge on any atom is -0.480 e. The van der Waals surface area contributed by atoms with E-state index in [4.69, 9.17) is 11.5 Å². The highest BCUT2D eigenvalue weighted by Gasteiger charge is 2.32. The standard InChI is InChI=1S/C26H34N8O6/c1-13(2)22(34-23(36)17(27)7-14-10-30-18-6-4-3-5-16(14)18)25(38)32-19(9-21(28)35)24(37)33-20(26(39)40)8-15-11-29-12-31-15/h3-6,10-13,17,19-20,22,30H,7-9,27H2,1-2H3,(H2,28,35)(H,29,31)(H,32,38)(H,33,37)(H,34,36)(H,39,40). The number of carboxylic acid groups (broad SMARTS) is 1. The lowest BCUT2D eigenvalue weighted by Crippen LogP contribution is -2.59. The van der Waals surface area contributed by atoms with Gasteiger partial charge in [0.25, 0.3) is 0 Å². The first-order valence-electron chi connectivity index (χ1n) is 12.7. The van der Waals surface area contributed by atoms with Crippen molar-refractivity contribution in [3.63, 3.8) is 0 Å². The normalized spacial score (nSPS) is 14.2. The third-order valence-corrected chi connectivity index (χ3v) is 6.33. The summed E-state index contributed by atoms with van der Waals surface area (Å²) in [7, 11) is 0. The van der Waals surface area contributed by atoms with Gasteiger partial charge in [0.05, 0.1) is 18.8 Å². The monoisotopic (exact) mass is 554 g/mol. The Labute approximate surface area is 229 Å². The molecule has 4 amide bonds. The third kappa shape index (κ3) is 7.89. The van der Waals surface area contributed by atoms with Crippen LogP contribution in [0.2, 0.25) is 0 Å². The maximum atomic E-state index is 13.2. The summed E-state index contributed by atoms with van der Waals surface area (Å²) in [5, 5.41) is 17.8. The average molecular weight is 555 g/mol. The Bertz CT molecular complexity index is 1350. The Morgan fingerprint density at radius 2 is 1.65 bits per heavy atom. The summed E-state index contributed by atoms with van der Waals surface area (Å²) in [5.41, 5.74) is 13.6. The number of carboxylic acids is 1. The van der Waals surface area contributed by atoms with Crippen molar-refractivity contribution in [1.82, 2.24) is 30.9 Å². The second kappa shape index (κ2) is 13.4. The number of hydrogen-bond acceptors (Lipinski definition) is 7. The second-order valence-electron chi connectivity index (χ2n) is 9.81. The number of nitrogens with two attached hydrogens (primary N) is 2. The highest BCUT2D eigenvalue weighted by Crippen LogP contribution is 2.19. The molecule has 40 heavy (non-hydrogen) atoms. The number of H-pyrrole nitrogens is 2. The molecule has 0 spiro atoms.